The van der Waals surface area contributed by atoms with Gasteiger partial charge >= 0.3 is 0 Å². The Hall–Kier alpha value is -3.33. The van der Waals surface area contributed by atoms with Crippen molar-refractivity contribution < 1.29 is 15.0 Å². The molecule has 0 unspecified atom stereocenters. The number of phenolic OH excluding ortho intramolecular Hbond substituents is 1. The maximum absolute atomic E-state index is 12.6. The van der Waals surface area contributed by atoms with Gasteiger partial charge in [-0.3, -0.25) is 4.79 Å². The van der Waals surface area contributed by atoms with Gasteiger partial charge in [0.15, 0.2) is 0 Å². The van der Waals surface area contributed by atoms with Crippen LogP contribution in [0.3, 0.4) is 0 Å². The van der Waals surface area contributed by atoms with Gasteiger partial charge in [-0.2, -0.15) is 4.80 Å². The third kappa shape index (κ3) is 5.47. The maximum Gasteiger partial charge on any atom is 0.270 e. The van der Waals surface area contributed by atoms with Gasteiger partial charge in [0.25, 0.3) is 5.91 Å². The quantitative estimate of drug-likeness (QED) is 0.519. The Balaban J connectivity index is 1.42. The van der Waals surface area contributed by atoms with Crippen LogP contribution in [0, 0.1) is 18.8 Å². The van der Waals surface area contributed by atoms with Gasteiger partial charge in [-0.15, -0.1) is 10.2 Å². The number of benzene rings is 1. The summed E-state index contributed by atoms with van der Waals surface area (Å²) in [5.41, 5.74) is 2.45. The summed E-state index contributed by atoms with van der Waals surface area (Å²) in [7, 11) is 0. The number of hydrogen-bond donors (Lipinski definition) is 3. The van der Waals surface area contributed by atoms with Crippen molar-refractivity contribution in [2.45, 2.75) is 45.7 Å². The molecule has 168 valence electrons. The molecule has 0 bridgehead atoms. The zero-order chi connectivity index (χ0) is 22.5. The predicted molar refractivity (Wildman–Crippen MR) is 118 cm³/mol. The van der Waals surface area contributed by atoms with Gasteiger partial charge in [-0.1, -0.05) is 12.1 Å². The van der Waals surface area contributed by atoms with Crippen LogP contribution >= 0.6 is 0 Å². The molecule has 32 heavy (non-hydrogen) atoms. The number of amides is 1. The van der Waals surface area contributed by atoms with Gasteiger partial charge in [-0.05, 0) is 79.5 Å². The molecule has 0 atom stereocenters. The molecule has 0 aliphatic heterocycles. The molecule has 0 saturated heterocycles. The van der Waals surface area contributed by atoms with Crippen molar-refractivity contribution in [2.75, 3.05) is 6.61 Å². The Kier molecular flexibility index (Phi) is 6.75. The lowest BCUT2D eigenvalue weighted by Gasteiger charge is -2.26. The lowest BCUT2D eigenvalue weighted by atomic mass is 9.82. The molecule has 0 radical (unpaired) electrons. The molecule has 2 heterocycles. The molecule has 1 fully saturated rings. The van der Waals surface area contributed by atoms with Crippen LogP contribution in [0.4, 0.5) is 0 Å². The highest BCUT2D eigenvalue weighted by Crippen LogP contribution is 2.29. The predicted octanol–water partition coefficient (Wildman–Crippen LogP) is 2.48. The molecule has 1 aliphatic carbocycles. The van der Waals surface area contributed by atoms with E-state index in [0.29, 0.717) is 35.5 Å². The van der Waals surface area contributed by atoms with Crippen LogP contribution in [0.25, 0.3) is 11.4 Å². The number of aliphatic hydroxyl groups excluding tert-OH is 1. The molecule has 3 N–H and O–H groups in total. The van der Waals surface area contributed by atoms with E-state index < -0.39 is 0 Å². The average Bonchev–Trinajstić information content (AvgIpc) is 3.26. The first kappa shape index (κ1) is 21.9. The number of aromatic hydroxyl groups is 1. The number of nitrogens with zero attached hydrogens (tertiary/aromatic N) is 5. The minimum Gasteiger partial charge on any atom is -0.508 e. The summed E-state index contributed by atoms with van der Waals surface area (Å²) in [4.78, 5) is 18.6. The first-order valence-electron chi connectivity index (χ1n) is 10.9. The Labute approximate surface area is 186 Å². The Morgan fingerprint density at radius 3 is 2.69 bits per heavy atom. The summed E-state index contributed by atoms with van der Waals surface area (Å²) in [5, 5.41) is 34.6. The summed E-state index contributed by atoms with van der Waals surface area (Å²) in [6, 6.07) is 10.2. The number of rotatable bonds is 7. The number of aryl methyl sites for hydroxylation is 1. The Morgan fingerprint density at radius 2 is 1.94 bits per heavy atom. The lowest BCUT2D eigenvalue weighted by molar-refractivity contribution is 0.0945. The van der Waals surface area contributed by atoms with E-state index in [1.54, 1.807) is 29.1 Å². The van der Waals surface area contributed by atoms with Crippen molar-refractivity contribution in [2.24, 2.45) is 11.8 Å². The second-order valence-corrected chi connectivity index (χ2v) is 8.47. The maximum atomic E-state index is 12.6. The third-order valence-corrected chi connectivity index (χ3v) is 5.91. The van der Waals surface area contributed by atoms with E-state index in [1.165, 1.54) is 0 Å². The third-order valence-electron chi connectivity index (χ3n) is 5.91. The fourth-order valence-electron chi connectivity index (χ4n) is 4.12. The van der Waals surface area contributed by atoms with E-state index in [2.05, 4.69) is 25.7 Å². The van der Waals surface area contributed by atoms with Crippen molar-refractivity contribution in [1.82, 2.24) is 30.5 Å². The van der Waals surface area contributed by atoms with Crippen molar-refractivity contribution in [1.29, 1.82) is 0 Å². The molecule has 1 aromatic carbocycles. The summed E-state index contributed by atoms with van der Waals surface area (Å²) < 4.78 is 0. The monoisotopic (exact) mass is 436 g/mol. The number of phenols is 1. The molecule has 4 rings (SSSR count). The second-order valence-electron chi connectivity index (χ2n) is 8.47. The molecule has 3 aromatic rings. The minimum absolute atomic E-state index is 0.156. The second kappa shape index (κ2) is 9.86. The molecule has 9 heteroatoms. The SMILES string of the molecule is Cc1cc(-c2nnn(C[C@H]3CC[C@H](CO)CC3)n2)cc(C(=O)NCc2cccc(O)c2)n1. The minimum atomic E-state index is -0.314. The Bertz CT molecular complexity index is 1080. The summed E-state index contributed by atoms with van der Waals surface area (Å²) in [5.74, 6) is 1.21. The molecule has 1 aliphatic rings. The largest absolute Gasteiger partial charge is 0.508 e. The van der Waals surface area contributed by atoms with E-state index >= 15 is 0 Å². The molecule has 2 aromatic heterocycles. The van der Waals surface area contributed by atoms with Crippen molar-refractivity contribution in [3.05, 3.63) is 53.3 Å². The highest BCUT2D eigenvalue weighted by atomic mass is 16.3. The average molecular weight is 437 g/mol. The number of aliphatic hydroxyl groups is 1. The molecular formula is C23H28N6O3. The van der Waals surface area contributed by atoms with Crippen LogP contribution in [-0.2, 0) is 13.1 Å². The van der Waals surface area contributed by atoms with Crippen molar-refractivity contribution >= 4 is 5.91 Å². The first-order chi connectivity index (χ1) is 15.5. The van der Waals surface area contributed by atoms with E-state index in [-0.39, 0.29) is 30.5 Å². The number of carbonyl (C=O) groups excluding carboxylic acids is 1. The molecule has 1 amide bonds. The Morgan fingerprint density at radius 1 is 1.16 bits per heavy atom. The van der Waals surface area contributed by atoms with E-state index in [0.717, 1.165) is 31.2 Å². The van der Waals surface area contributed by atoms with Crippen LogP contribution in [0.5, 0.6) is 5.75 Å². The van der Waals surface area contributed by atoms with Gasteiger partial charge in [0.1, 0.15) is 11.4 Å². The number of hydrogen-bond acceptors (Lipinski definition) is 7. The van der Waals surface area contributed by atoms with Crippen LogP contribution in [0.15, 0.2) is 36.4 Å². The van der Waals surface area contributed by atoms with Gasteiger partial charge in [0.05, 0.1) is 6.54 Å². The van der Waals surface area contributed by atoms with Gasteiger partial charge in [0.2, 0.25) is 5.82 Å². The molecule has 9 nitrogen and oxygen atoms in total. The van der Waals surface area contributed by atoms with E-state index in [9.17, 15) is 15.0 Å². The number of tetrazole rings is 1. The van der Waals surface area contributed by atoms with Crippen LogP contribution in [0.1, 0.15) is 47.4 Å². The summed E-state index contributed by atoms with van der Waals surface area (Å²) in [6.07, 6.45) is 4.18. The van der Waals surface area contributed by atoms with Gasteiger partial charge < -0.3 is 15.5 Å². The highest BCUT2D eigenvalue weighted by molar-refractivity contribution is 5.93. The van der Waals surface area contributed by atoms with Crippen LogP contribution < -0.4 is 5.32 Å². The fraction of sp³-hybridized carbons (Fsp3) is 0.435. The van der Waals surface area contributed by atoms with E-state index in [4.69, 9.17) is 0 Å². The number of carbonyl (C=O) groups is 1. The van der Waals surface area contributed by atoms with Gasteiger partial charge in [0, 0.05) is 24.4 Å². The fourth-order valence-corrected chi connectivity index (χ4v) is 4.12. The van der Waals surface area contributed by atoms with Gasteiger partial charge in [-0.25, -0.2) is 4.98 Å². The smallest absolute Gasteiger partial charge is 0.270 e. The first-order valence-corrected chi connectivity index (χ1v) is 10.9. The number of nitrogens with one attached hydrogen (secondary N) is 1. The van der Waals surface area contributed by atoms with E-state index in [1.807, 2.05) is 19.1 Å². The molecule has 0 spiro atoms. The van der Waals surface area contributed by atoms with Crippen molar-refractivity contribution in [3.63, 3.8) is 0 Å². The number of pyridine rings is 1. The van der Waals surface area contributed by atoms with Crippen molar-refractivity contribution in [3.8, 4) is 17.1 Å². The zero-order valence-electron chi connectivity index (χ0n) is 18.1. The molecular weight excluding hydrogens is 408 g/mol. The number of aromatic nitrogens is 5. The van der Waals surface area contributed by atoms with Crippen LogP contribution in [0.2, 0.25) is 0 Å². The normalized spacial score (nSPS) is 18.4. The zero-order valence-corrected chi connectivity index (χ0v) is 18.1. The van der Waals surface area contributed by atoms with Crippen LogP contribution in [-0.4, -0.2) is 47.9 Å². The lowest BCUT2D eigenvalue weighted by Crippen LogP contribution is -2.24. The topological polar surface area (TPSA) is 126 Å². The standard InChI is InChI=1S/C23H28N6O3/c1-15-9-19(11-21(25-15)23(32)24-12-18-3-2-4-20(31)10-18)22-26-28-29(27-22)13-16-5-7-17(14-30)8-6-16/h2-4,9-11,16-17,30-31H,5-8,12-14H2,1H3,(H,24,32)/t16-,17-. The summed E-state index contributed by atoms with van der Waals surface area (Å²) >= 11 is 0. The highest BCUT2D eigenvalue weighted by Gasteiger charge is 2.22. The summed E-state index contributed by atoms with van der Waals surface area (Å²) in [6.45, 7) is 3.07. The molecule has 1 saturated carbocycles.